The Hall–Kier alpha value is -2.81. The molecular weight excluding hydrogens is 476 g/mol. The summed E-state index contributed by atoms with van der Waals surface area (Å²) < 4.78 is 4.92. The van der Waals surface area contributed by atoms with Gasteiger partial charge in [-0.15, -0.1) is 0 Å². The number of carbonyl (C=O) groups excluding carboxylic acids is 4. The molecule has 36 heavy (non-hydrogen) atoms. The van der Waals surface area contributed by atoms with E-state index in [9.17, 15) is 34.2 Å². The standard InChI is InChI=1S/C22H40N6O8/c1-2-36-13-18(31)25-11-17(30)26-16(12-29)19(32)28-22(10-14(22)6-5-9-24)21(35)27-15(20(33)34)7-3-4-8-23/h14-16,29H,2-13,23-24H2,1H3,(H,25,31)(H,26,30)(H,27,35)(H,28,32)(H,33,34)/t14?,15-,16-,22?/m0/s1. The van der Waals surface area contributed by atoms with Crippen LogP contribution in [-0.4, -0.2) is 96.9 Å². The maximum absolute atomic E-state index is 13.1. The number of hydrogen-bond donors (Lipinski definition) is 8. The van der Waals surface area contributed by atoms with E-state index in [0.717, 1.165) is 0 Å². The number of nitrogens with one attached hydrogen (secondary N) is 4. The number of unbranched alkanes of at least 4 members (excludes halogenated alkanes) is 1. The van der Waals surface area contributed by atoms with Gasteiger partial charge >= 0.3 is 5.97 Å². The number of ether oxygens (including phenoxy) is 1. The minimum absolute atomic E-state index is 0.181. The Morgan fingerprint density at radius 1 is 1.03 bits per heavy atom. The number of amides is 4. The van der Waals surface area contributed by atoms with Crippen LogP contribution in [0.1, 0.15) is 45.4 Å². The largest absolute Gasteiger partial charge is 0.480 e. The molecule has 1 aliphatic rings. The van der Waals surface area contributed by atoms with Crippen molar-refractivity contribution in [3.05, 3.63) is 0 Å². The van der Waals surface area contributed by atoms with E-state index in [4.69, 9.17) is 16.2 Å². The normalized spacial score (nSPS) is 20.1. The molecular formula is C22H40N6O8. The molecule has 14 heteroatoms. The second kappa shape index (κ2) is 16.0. The third kappa shape index (κ3) is 10.0. The third-order valence-corrected chi connectivity index (χ3v) is 5.88. The topological polar surface area (TPSA) is 235 Å². The van der Waals surface area contributed by atoms with Gasteiger partial charge in [0.1, 0.15) is 24.2 Å². The smallest absolute Gasteiger partial charge is 0.326 e. The molecule has 0 aliphatic heterocycles. The quantitative estimate of drug-likeness (QED) is 0.0806. The summed E-state index contributed by atoms with van der Waals surface area (Å²) in [6, 6.07) is -2.54. The summed E-state index contributed by atoms with van der Waals surface area (Å²) >= 11 is 0. The predicted octanol–water partition coefficient (Wildman–Crippen LogP) is -3.07. The van der Waals surface area contributed by atoms with E-state index in [-0.39, 0.29) is 25.4 Å². The minimum atomic E-state index is -1.39. The van der Waals surface area contributed by atoms with Crippen LogP contribution in [0.5, 0.6) is 0 Å². The zero-order chi connectivity index (χ0) is 27.1. The van der Waals surface area contributed by atoms with Gasteiger partial charge in [-0.2, -0.15) is 0 Å². The number of hydrogen-bond acceptors (Lipinski definition) is 9. The fourth-order valence-corrected chi connectivity index (χ4v) is 3.74. The summed E-state index contributed by atoms with van der Waals surface area (Å²) in [6.07, 6.45) is 2.67. The second-order valence-electron chi connectivity index (χ2n) is 8.66. The van der Waals surface area contributed by atoms with E-state index in [0.29, 0.717) is 45.4 Å². The Labute approximate surface area is 210 Å². The average Bonchev–Trinajstić information content (AvgIpc) is 3.55. The molecule has 0 saturated heterocycles. The summed E-state index contributed by atoms with van der Waals surface area (Å²) in [4.78, 5) is 61.3. The third-order valence-electron chi connectivity index (χ3n) is 5.88. The highest BCUT2D eigenvalue weighted by atomic mass is 16.5. The SMILES string of the molecule is CCOCC(=O)NCC(=O)N[C@@H](CO)C(=O)NC1(C(=O)N[C@@H](CCCCN)C(=O)O)CC1CCCN. The molecule has 0 spiro atoms. The van der Waals surface area contributed by atoms with Gasteiger partial charge in [0.15, 0.2) is 0 Å². The Morgan fingerprint density at radius 2 is 1.72 bits per heavy atom. The molecule has 4 amide bonds. The van der Waals surface area contributed by atoms with Crippen LogP contribution >= 0.6 is 0 Å². The molecule has 0 aromatic rings. The lowest BCUT2D eigenvalue weighted by Crippen LogP contribution is -2.59. The van der Waals surface area contributed by atoms with Crippen LogP contribution in [0.15, 0.2) is 0 Å². The summed E-state index contributed by atoms with van der Waals surface area (Å²) in [6.45, 7) is 1.39. The number of rotatable bonds is 19. The summed E-state index contributed by atoms with van der Waals surface area (Å²) in [5, 5.41) is 28.9. The first-order chi connectivity index (χ1) is 17.1. The highest BCUT2D eigenvalue weighted by Crippen LogP contribution is 2.47. The van der Waals surface area contributed by atoms with Crippen LogP contribution in [0, 0.1) is 5.92 Å². The van der Waals surface area contributed by atoms with E-state index in [2.05, 4.69) is 21.3 Å². The van der Waals surface area contributed by atoms with Crippen molar-refractivity contribution >= 4 is 29.6 Å². The molecule has 206 valence electrons. The monoisotopic (exact) mass is 516 g/mol. The molecule has 2 unspecified atom stereocenters. The molecule has 0 radical (unpaired) electrons. The first-order valence-electron chi connectivity index (χ1n) is 12.2. The summed E-state index contributed by atoms with van der Waals surface area (Å²) in [5.41, 5.74) is 9.64. The van der Waals surface area contributed by atoms with Gasteiger partial charge < -0.3 is 47.7 Å². The second-order valence-corrected chi connectivity index (χ2v) is 8.66. The van der Waals surface area contributed by atoms with Crippen molar-refractivity contribution in [3.8, 4) is 0 Å². The number of carboxylic acids is 1. The average molecular weight is 517 g/mol. The fraction of sp³-hybridized carbons (Fsp3) is 0.773. The Morgan fingerprint density at radius 3 is 2.31 bits per heavy atom. The van der Waals surface area contributed by atoms with Gasteiger partial charge in [0, 0.05) is 6.61 Å². The highest BCUT2D eigenvalue weighted by molar-refractivity contribution is 5.98. The van der Waals surface area contributed by atoms with Crippen LogP contribution in [0.4, 0.5) is 0 Å². The molecule has 0 heterocycles. The fourth-order valence-electron chi connectivity index (χ4n) is 3.74. The molecule has 0 aromatic carbocycles. The van der Waals surface area contributed by atoms with Gasteiger partial charge in [-0.05, 0) is 64.5 Å². The molecule has 1 fully saturated rings. The molecule has 14 nitrogen and oxygen atoms in total. The van der Waals surface area contributed by atoms with Crippen LogP contribution in [0.3, 0.4) is 0 Å². The van der Waals surface area contributed by atoms with Crippen molar-refractivity contribution in [3.63, 3.8) is 0 Å². The van der Waals surface area contributed by atoms with E-state index >= 15 is 0 Å². The van der Waals surface area contributed by atoms with Crippen LogP contribution in [-0.2, 0) is 28.7 Å². The Kier molecular flexibility index (Phi) is 13.9. The maximum atomic E-state index is 13.1. The number of carboxylic acid groups (broad SMARTS) is 1. The van der Waals surface area contributed by atoms with Crippen molar-refractivity contribution in [2.45, 2.75) is 63.1 Å². The molecule has 1 rings (SSSR count). The van der Waals surface area contributed by atoms with Crippen LogP contribution in [0.25, 0.3) is 0 Å². The molecule has 1 saturated carbocycles. The van der Waals surface area contributed by atoms with E-state index in [1.807, 2.05) is 0 Å². The lowest BCUT2D eigenvalue weighted by Gasteiger charge is -2.25. The van der Waals surface area contributed by atoms with E-state index in [1.165, 1.54) is 0 Å². The van der Waals surface area contributed by atoms with Gasteiger partial charge in [0.25, 0.3) is 0 Å². The van der Waals surface area contributed by atoms with Gasteiger partial charge in [0.2, 0.25) is 23.6 Å². The molecule has 1 aliphatic carbocycles. The molecule has 4 atom stereocenters. The molecule has 0 bridgehead atoms. The van der Waals surface area contributed by atoms with Gasteiger partial charge in [0.05, 0.1) is 13.2 Å². The number of carbonyl (C=O) groups is 5. The minimum Gasteiger partial charge on any atom is -0.480 e. The summed E-state index contributed by atoms with van der Waals surface area (Å²) in [7, 11) is 0. The first kappa shape index (κ1) is 31.2. The predicted molar refractivity (Wildman–Crippen MR) is 128 cm³/mol. The van der Waals surface area contributed by atoms with Gasteiger partial charge in [-0.25, -0.2) is 4.79 Å². The van der Waals surface area contributed by atoms with Crippen molar-refractivity contribution in [1.29, 1.82) is 0 Å². The highest BCUT2D eigenvalue weighted by Gasteiger charge is 2.61. The van der Waals surface area contributed by atoms with E-state index in [1.54, 1.807) is 6.92 Å². The Balaban J connectivity index is 2.82. The molecule has 10 N–H and O–H groups in total. The number of aliphatic hydroxyl groups excluding tert-OH is 1. The number of aliphatic carboxylic acids is 1. The van der Waals surface area contributed by atoms with Gasteiger partial charge in [-0.3, -0.25) is 19.2 Å². The first-order valence-corrected chi connectivity index (χ1v) is 12.2. The van der Waals surface area contributed by atoms with Crippen molar-refractivity contribution in [1.82, 2.24) is 21.3 Å². The lowest BCUT2D eigenvalue weighted by molar-refractivity contribution is -0.143. The van der Waals surface area contributed by atoms with Crippen LogP contribution < -0.4 is 32.7 Å². The number of nitrogens with two attached hydrogens (primary N) is 2. The van der Waals surface area contributed by atoms with Crippen molar-refractivity contribution in [2.75, 3.05) is 39.5 Å². The lowest BCUT2D eigenvalue weighted by atomic mass is 10.1. The van der Waals surface area contributed by atoms with Crippen LogP contribution in [0.2, 0.25) is 0 Å². The van der Waals surface area contributed by atoms with Crippen molar-refractivity contribution < 1.29 is 38.9 Å². The zero-order valence-electron chi connectivity index (χ0n) is 20.7. The van der Waals surface area contributed by atoms with Crippen molar-refractivity contribution in [2.24, 2.45) is 17.4 Å². The Bertz CT molecular complexity index is 767. The van der Waals surface area contributed by atoms with E-state index < -0.39 is 60.4 Å². The molecule has 0 aromatic heterocycles. The van der Waals surface area contributed by atoms with Gasteiger partial charge in [-0.1, -0.05) is 0 Å². The summed E-state index contributed by atoms with van der Waals surface area (Å²) in [5.74, 6) is -4.19. The zero-order valence-corrected chi connectivity index (χ0v) is 20.7. The number of aliphatic hydroxyl groups is 1. The maximum Gasteiger partial charge on any atom is 0.326 e.